The van der Waals surface area contributed by atoms with Crippen molar-refractivity contribution in [1.82, 2.24) is 15.1 Å². The van der Waals surface area contributed by atoms with Crippen LogP contribution in [0.1, 0.15) is 68.9 Å². The van der Waals surface area contributed by atoms with Crippen LogP contribution in [0.5, 0.6) is 5.75 Å². The largest absolute Gasteiger partial charge is 0.482 e. The molecule has 2 aliphatic heterocycles. The minimum Gasteiger partial charge on any atom is -0.445 e. The van der Waals surface area contributed by atoms with Crippen molar-refractivity contribution in [3.8, 4) is 5.75 Å². The Bertz CT molecular complexity index is 1450. The zero-order valence-corrected chi connectivity index (χ0v) is 27.1. The van der Waals surface area contributed by atoms with Crippen molar-refractivity contribution >= 4 is 29.7 Å². The molecule has 13 heteroatoms. The van der Waals surface area contributed by atoms with Gasteiger partial charge in [0.2, 0.25) is 0 Å². The summed E-state index contributed by atoms with van der Waals surface area (Å²) in [6.45, 7) is 10.9. The number of anilines is 1. The van der Waals surface area contributed by atoms with Gasteiger partial charge in [0.05, 0.1) is 11.7 Å². The highest BCUT2D eigenvalue weighted by atomic mass is 19.3. The van der Waals surface area contributed by atoms with Gasteiger partial charge in [0.25, 0.3) is 5.91 Å². The summed E-state index contributed by atoms with van der Waals surface area (Å²) in [4.78, 5) is 56.1. The zero-order chi connectivity index (χ0) is 33.8. The van der Waals surface area contributed by atoms with Gasteiger partial charge in [-0.1, -0.05) is 30.3 Å². The number of rotatable bonds is 8. The third-order valence-electron chi connectivity index (χ3n) is 7.61. The summed E-state index contributed by atoms with van der Waals surface area (Å²) in [5.74, 6) is -2.27. The Morgan fingerprint density at radius 3 is 2.50 bits per heavy atom. The van der Waals surface area contributed by atoms with Crippen LogP contribution >= 0.6 is 0 Å². The molecule has 2 aromatic rings. The summed E-state index contributed by atoms with van der Waals surface area (Å²) in [5, 5.41) is 2.47. The first kappa shape index (κ1) is 34.5. The SMILES string of the molecule is Cc1cc2c(cc1C(=O)N(C(C)C)[C@@H]1CCCN(C(=O)OC(C)(C)C)C1)N(CCNC(=O)OCc1ccccc1)C(=O)C(F)(F)O2. The van der Waals surface area contributed by atoms with Gasteiger partial charge < -0.3 is 29.3 Å². The normalized spacial score (nSPS) is 17.6. The second-order valence-corrected chi connectivity index (χ2v) is 12.7. The van der Waals surface area contributed by atoms with E-state index in [4.69, 9.17) is 14.2 Å². The Labute approximate surface area is 267 Å². The van der Waals surface area contributed by atoms with E-state index < -0.39 is 29.8 Å². The lowest BCUT2D eigenvalue weighted by Crippen LogP contribution is -2.55. The third kappa shape index (κ3) is 8.24. The molecule has 46 heavy (non-hydrogen) atoms. The Morgan fingerprint density at radius 2 is 1.85 bits per heavy atom. The number of likely N-dealkylation sites (tertiary alicyclic amines) is 1. The van der Waals surface area contributed by atoms with Gasteiger partial charge in [-0.2, -0.15) is 8.78 Å². The number of aryl methyl sites for hydroxylation is 1. The molecule has 2 aromatic carbocycles. The summed E-state index contributed by atoms with van der Waals surface area (Å²) in [7, 11) is 0. The fourth-order valence-corrected chi connectivity index (χ4v) is 5.54. The van der Waals surface area contributed by atoms with Crippen LogP contribution in [0.15, 0.2) is 42.5 Å². The number of amides is 4. The molecule has 1 atom stereocenters. The number of ether oxygens (including phenoxy) is 3. The van der Waals surface area contributed by atoms with Gasteiger partial charge in [-0.05, 0) is 77.6 Å². The second kappa shape index (κ2) is 13.9. The van der Waals surface area contributed by atoms with Gasteiger partial charge in [-0.15, -0.1) is 0 Å². The molecule has 2 heterocycles. The molecule has 0 aromatic heterocycles. The lowest BCUT2D eigenvalue weighted by atomic mass is 9.98. The number of alkyl carbamates (subject to hydrolysis) is 1. The summed E-state index contributed by atoms with van der Waals surface area (Å²) >= 11 is 0. The van der Waals surface area contributed by atoms with E-state index in [0.29, 0.717) is 24.9 Å². The molecule has 2 aliphatic rings. The molecule has 250 valence electrons. The number of piperidine rings is 1. The van der Waals surface area contributed by atoms with Crippen molar-refractivity contribution in [2.45, 2.75) is 84.8 Å². The first-order chi connectivity index (χ1) is 21.6. The number of hydrogen-bond donors (Lipinski definition) is 1. The van der Waals surface area contributed by atoms with Crippen molar-refractivity contribution in [3.63, 3.8) is 0 Å². The van der Waals surface area contributed by atoms with Crippen molar-refractivity contribution < 1.29 is 42.2 Å². The maximum absolute atomic E-state index is 14.7. The number of carbonyl (C=O) groups is 4. The molecule has 1 saturated heterocycles. The smallest absolute Gasteiger partial charge is 0.445 e. The van der Waals surface area contributed by atoms with Gasteiger partial charge in [-0.3, -0.25) is 14.5 Å². The summed E-state index contributed by atoms with van der Waals surface area (Å²) in [6, 6.07) is 11.1. The third-order valence-corrected chi connectivity index (χ3v) is 7.61. The number of alkyl halides is 2. The molecule has 0 aliphatic carbocycles. The predicted molar refractivity (Wildman–Crippen MR) is 166 cm³/mol. The number of nitrogens with one attached hydrogen (secondary N) is 1. The van der Waals surface area contributed by atoms with E-state index in [0.717, 1.165) is 10.5 Å². The Morgan fingerprint density at radius 1 is 1.15 bits per heavy atom. The molecule has 0 radical (unpaired) electrons. The number of hydrogen-bond acceptors (Lipinski definition) is 7. The lowest BCUT2D eigenvalue weighted by Gasteiger charge is -2.42. The van der Waals surface area contributed by atoms with Crippen LogP contribution in [0.2, 0.25) is 0 Å². The van der Waals surface area contributed by atoms with Crippen molar-refractivity contribution in [3.05, 3.63) is 59.2 Å². The van der Waals surface area contributed by atoms with Crippen molar-refractivity contribution in [1.29, 1.82) is 0 Å². The van der Waals surface area contributed by atoms with Gasteiger partial charge in [0.1, 0.15) is 12.2 Å². The van der Waals surface area contributed by atoms with Crippen LogP contribution in [-0.4, -0.2) is 83.8 Å². The van der Waals surface area contributed by atoms with Crippen molar-refractivity contribution in [2.24, 2.45) is 0 Å². The van der Waals surface area contributed by atoms with Crippen molar-refractivity contribution in [2.75, 3.05) is 31.1 Å². The Hall–Kier alpha value is -4.42. The summed E-state index contributed by atoms with van der Waals surface area (Å²) < 4.78 is 44.8. The van der Waals surface area contributed by atoms with Crippen LogP contribution in [0.3, 0.4) is 0 Å². The topological polar surface area (TPSA) is 118 Å². The molecule has 11 nitrogen and oxygen atoms in total. The number of nitrogens with zero attached hydrogens (tertiary/aromatic N) is 3. The highest BCUT2D eigenvalue weighted by Crippen LogP contribution is 2.41. The molecule has 1 fully saturated rings. The number of fused-ring (bicyclic) bond motifs is 1. The number of carbonyl (C=O) groups excluding carboxylic acids is 4. The van der Waals surface area contributed by atoms with E-state index in [1.54, 1.807) is 61.8 Å². The van der Waals surface area contributed by atoms with E-state index in [1.807, 2.05) is 19.9 Å². The quantitative estimate of drug-likeness (QED) is 0.404. The minimum atomic E-state index is -4.14. The van der Waals surface area contributed by atoms with Gasteiger partial charge in [0, 0.05) is 37.8 Å². The first-order valence-electron chi connectivity index (χ1n) is 15.4. The molecular weight excluding hydrogens is 602 g/mol. The van der Waals surface area contributed by atoms with Gasteiger partial charge in [0.15, 0.2) is 5.75 Å². The number of halogens is 2. The highest BCUT2D eigenvalue weighted by molar-refractivity contribution is 6.04. The summed E-state index contributed by atoms with van der Waals surface area (Å²) in [5.41, 5.74) is 0.652. The van der Waals surface area contributed by atoms with E-state index in [-0.39, 0.29) is 61.2 Å². The average molecular weight is 645 g/mol. The monoisotopic (exact) mass is 644 g/mol. The molecule has 0 spiro atoms. The molecule has 1 N–H and O–H groups in total. The maximum Gasteiger partial charge on any atom is 0.482 e. The average Bonchev–Trinajstić information content (AvgIpc) is 2.97. The first-order valence-corrected chi connectivity index (χ1v) is 15.4. The highest BCUT2D eigenvalue weighted by Gasteiger charge is 2.51. The zero-order valence-electron chi connectivity index (χ0n) is 27.1. The Kier molecular flexibility index (Phi) is 10.4. The van der Waals surface area contributed by atoms with Crippen LogP contribution < -0.4 is 15.0 Å². The molecular formula is C33H42F2N4O7. The van der Waals surface area contributed by atoms with Crippen LogP contribution in [0, 0.1) is 6.92 Å². The second-order valence-electron chi connectivity index (χ2n) is 12.7. The number of benzene rings is 2. The van der Waals surface area contributed by atoms with Crippen LogP contribution in [0.25, 0.3) is 0 Å². The fraction of sp³-hybridized carbons (Fsp3) is 0.515. The molecule has 4 amide bonds. The molecule has 0 unspecified atom stereocenters. The van der Waals surface area contributed by atoms with E-state index in [2.05, 4.69) is 5.32 Å². The van der Waals surface area contributed by atoms with E-state index in [1.165, 1.54) is 12.1 Å². The van der Waals surface area contributed by atoms with E-state index in [9.17, 15) is 28.0 Å². The fourth-order valence-electron chi connectivity index (χ4n) is 5.54. The molecule has 0 bridgehead atoms. The lowest BCUT2D eigenvalue weighted by molar-refractivity contribution is -0.192. The minimum absolute atomic E-state index is 0.0116. The Balaban J connectivity index is 1.53. The predicted octanol–water partition coefficient (Wildman–Crippen LogP) is 5.49. The molecule has 4 rings (SSSR count). The summed E-state index contributed by atoms with van der Waals surface area (Å²) in [6.07, 6.45) is -4.06. The maximum atomic E-state index is 14.7. The van der Waals surface area contributed by atoms with Crippen LogP contribution in [0.4, 0.5) is 24.1 Å². The molecule has 0 saturated carbocycles. The standard InChI is InChI=1S/C33H42F2N4O7/c1-21(2)39(24-13-10-15-37(19-24)31(43)46-32(4,5)6)28(40)25-18-26-27(17-22(25)3)45-33(34,35)29(41)38(26)16-14-36-30(42)44-20-23-11-8-7-9-12-23/h7-9,11-12,17-18,21,24H,10,13-16,19-20H2,1-6H3,(H,36,42)/t24-/m1/s1. The van der Waals surface area contributed by atoms with Gasteiger partial charge in [-0.25, -0.2) is 9.59 Å². The van der Waals surface area contributed by atoms with E-state index >= 15 is 0 Å². The van der Waals surface area contributed by atoms with Gasteiger partial charge >= 0.3 is 24.2 Å². The van der Waals surface area contributed by atoms with Crippen LogP contribution in [-0.2, 0) is 20.9 Å².